The van der Waals surface area contributed by atoms with Crippen molar-refractivity contribution in [1.82, 2.24) is 9.78 Å². The Morgan fingerprint density at radius 2 is 2.24 bits per heavy atom. The fraction of sp³-hybridized carbons (Fsp3) is 0.500. The molecule has 0 unspecified atom stereocenters. The van der Waals surface area contributed by atoms with E-state index < -0.39 is 0 Å². The summed E-state index contributed by atoms with van der Waals surface area (Å²) in [6, 6.07) is 7.44. The van der Waals surface area contributed by atoms with E-state index in [1.54, 1.807) is 0 Å². The van der Waals surface area contributed by atoms with Gasteiger partial charge in [-0.05, 0) is 49.8 Å². The van der Waals surface area contributed by atoms with Crippen molar-refractivity contribution in [2.45, 2.75) is 38.1 Å². The Balaban J connectivity index is 1.90. The van der Waals surface area contributed by atoms with Crippen LogP contribution in [-0.2, 0) is 6.42 Å². The van der Waals surface area contributed by atoms with Crippen molar-refractivity contribution < 1.29 is 0 Å². The normalized spacial score (nSPS) is 16.3. The van der Waals surface area contributed by atoms with Gasteiger partial charge in [0.1, 0.15) is 0 Å². The largest absolute Gasteiger partial charge is 0.262 e. The highest BCUT2D eigenvalue weighted by molar-refractivity contribution is 9.09. The quantitative estimate of drug-likeness (QED) is 0.776. The van der Waals surface area contributed by atoms with Crippen LogP contribution in [0.4, 0.5) is 0 Å². The lowest BCUT2D eigenvalue weighted by atomic mass is 9.93. The second-order valence-electron chi connectivity index (χ2n) is 4.86. The highest BCUT2D eigenvalue weighted by atomic mass is 79.9. The molecule has 90 valence electrons. The Morgan fingerprint density at radius 3 is 2.94 bits per heavy atom. The molecule has 1 heterocycles. The highest BCUT2D eigenvalue weighted by Crippen LogP contribution is 2.33. The molecule has 0 spiro atoms. The van der Waals surface area contributed by atoms with Crippen molar-refractivity contribution in [3.8, 4) is 0 Å². The van der Waals surface area contributed by atoms with Crippen molar-refractivity contribution in [1.29, 1.82) is 0 Å². The van der Waals surface area contributed by atoms with Gasteiger partial charge in [-0.15, -0.1) is 0 Å². The first kappa shape index (κ1) is 11.3. The van der Waals surface area contributed by atoms with Crippen LogP contribution in [0, 0.1) is 0 Å². The molecule has 1 saturated carbocycles. The average Bonchev–Trinajstić information content (AvgIpc) is 2.68. The van der Waals surface area contributed by atoms with E-state index in [4.69, 9.17) is 0 Å². The third-order valence-corrected chi connectivity index (χ3v) is 4.24. The van der Waals surface area contributed by atoms with E-state index in [2.05, 4.69) is 43.9 Å². The van der Waals surface area contributed by atoms with E-state index in [-0.39, 0.29) is 0 Å². The third kappa shape index (κ3) is 2.13. The minimum Gasteiger partial charge on any atom is -0.262 e. The van der Waals surface area contributed by atoms with E-state index in [9.17, 15) is 0 Å². The monoisotopic (exact) mass is 292 g/mol. The molecule has 2 aromatic rings. The van der Waals surface area contributed by atoms with Crippen LogP contribution in [0.1, 0.15) is 37.3 Å². The molecule has 0 aliphatic heterocycles. The van der Waals surface area contributed by atoms with Gasteiger partial charge in [0.05, 0.1) is 17.8 Å². The Labute approximate surface area is 110 Å². The maximum Gasteiger partial charge on any atom is 0.0685 e. The van der Waals surface area contributed by atoms with Crippen LogP contribution in [0.2, 0.25) is 0 Å². The molecule has 3 rings (SSSR count). The lowest BCUT2D eigenvalue weighted by Crippen LogP contribution is -2.17. The minimum atomic E-state index is 0.654. The van der Waals surface area contributed by atoms with E-state index >= 15 is 0 Å². The molecule has 1 fully saturated rings. The molecule has 0 amide bonds. The summed E-state index contributed by atoms with van der Waals surface area (Å²) in [6.45, 7) is 0. The number of rotatable bonds is 4. The zero-order chi connectivity index (χ0) is 11.7. The predicted octanol–water partition coefficient (Wildman–Crippen LogP) is 4.09. The summed E-state index contributed by atoms with van der Waals surface area (Å²) in [5.74, 6) is 0. The maximum absolute atomic E-state index is 4.55. The first-order valence-corrected chi connectivity index (χ1v) is 7.53. The number of nitrogens with zero attached hydrogens (tertiary/aromatic N) is 2. The Morgan fingerprint density at radius 1 is 1.35 bits per heavy atom. The van der Waals surface area contributed by atoms with Gasteiger partial charge < -0.3 is 0 Å². The number of aryl methyl sites for hydroxylation is 1. The van der Waals surface area contributed by atoms with Gasteiger partial charge in [-0.25, -0.2) is 0 Å². The van der Waals surface area contributed by atoms with Crippen molar-refractivity contribution in [2.24, 2.45) is 0 Å². The van der Waals surface area contributed by atoms with Gasteiger partial charge >= 0.3 is 0 Å². The molecule has 1 aliphatic rings. The van der Waals surface area contributed by atoms with Crippen LogP contribution in [0.3, 0.4) is 0 Å². The molecule has 2 nitrogen and oxygen atoms in total. The number of fused-ring (bicyclic) bond motifs is 1. The van der Waals surface area contributed by atoms with Gasteiger partial charge in [0.15, 0.2) is 0 Å². The summed E-state index contributed by atoms with van der Waals surface area (Å²) in [5.41, 5.74) is 2.72. The van der Waals surface area contributed by atoms with E-state index in [1.165, 1.54) is 42.1 Å². The molecule has 3 heteroatoms. The zero-order valence-corrected chi connectivity index (χ0v) is 11.5. The molecule has 0 N–H and O–H groups in total. The molecule has 1 aliphatic carbocycles. The SMILES string of the molecule is BrCCCc1ccc2c(cnn2C2CCC2)c1. The molecule has 17 heavy (non-hydrogen) atoms. The summed E-state index contributed by atoms with van der Waals surface area (Å²) >= 11 is 3.48. The molecule has 0 radical (unpaired) electrons. The predicted molar refractivity (Wildman–Crippen MR) is 74.7 cm³/mol. The smallest absolute Gasteiger partial charge is 0.0685 e. The van der Waals surface area contributed by atoms with Crippen molar-refractivity contribution in [2.75, 3.05) is 5.33 Å². The summed E-state index contributed by atoms with van der Waals surface area (Å²) in [7, 11) is 0. The van der Waals surface area contributed by atoms with Crippen LogP contribution < -0.4 is 0 Å². The third-order valence-electron chi connectivity index (χ3n) is 3.68. The van der Waals surface area contributed by atoms with Crippen LogP contribution >= 0.6 is 15.9 Å². The van der Waals surface area contributed by atoms with E-state index in [1.807, 2.05) is 6.20 Å². The van der Waals surface area contributed by atoms with Crippen LogP contribution in [0.15, 0.2) is 24.4 Å². The molecule has 0 saturated heterocycles. The van der Waals surface area contributed by atoms with E-state index in [0.29, 0.717) is 6.04 Å². The first-order chi connectivity index (χ1) is 8.38. The summed E-state index contributed by atoms with van der Waals surface area (Å²) < 4.78 is 2.22. The molecule has 1 aromatic heterocycles. The molecule has 0 bridgehead atoms. The van der Waals surface area contributed by atoms with Crippen molar-refractivity contribution >= 4 is 26.8 Å². The standard InChI is InChI=1S/C14H17BrN2/c15-8-2-3-11-6-7-14-12(9-11)10-16-17(14)13-4-1-5-13/h6-7,9-10,13H,1-5,8H2. The molecular weight excluding hydrogens is 276 g/mol. The number of hydrogen-bond acceptors (Lipinski definition) is 1. The van der Waals surface area contributed by atoms with E-state index in [0.717, 1.165) is 11.8 Å². The fourth-order valence-electron chi connectivity index (χ4n) is 2.45. The van der Waals surface area contributed by atoms with Gasteiger partial charge in [-0.1, -0.05) is 22.0 Å². The topological polar surface area (TPSA) is 17.8 Å². The van der Waals surface area contributed by atoms with Crippen LogP contribution in [0.25, 0.3) is 10.9 Å². The summed E-state index contributed by atoms with van der Waals surface area (Å²) in [6.07, 6.45) is 8.31. The lowest BCUT2D eigenvalue weighted by molar-refractivity contribution is 0.297. The second kappa shape index (κ2) is 4.81. The van der Waals surface area contributed by atoms with Crippen molar-refractivity contribution in [3.63, 3.8) is 0 Å². The van der Waals surface area contributed by atoms with Crippen LogP contribution in [-0.4, -0.2) is 15.1 Å². The van der Waals surface area contributed by atoms with Crippen LogP contribution in [0.5, 0.6) is 0 Å². The number of hydrogen-bond donors (Lipinski definition) is 0. The highest BCUT2D eigenvalue weighted by Gasteiger charge is 2.21. The molecule has 0 atom stereocenters. The summed E-state index contributed by atoms with van der Waals surface area (Å²) in [5, 5.41) is 6.92. The number of halogens is 1. The second-order valence-corrected chi connectivity index (χ2v) is 5.65. The maximum atomic E-state index is 4.55. The Kier molecular flexibility index (Phi) is 3.19. The first-order valence-electron chi connectivity index (χ1n) is 6.40. The van der Waals surface area contributed by atoms with Gasteiger partial charge in [0.2, 0.25) is 0 Å². The Hall–Kier alpha value is -0.830. The van der Waals surface area contributed by atoms with Gasteiger partial charge in [0, 0.05) is 10.7 Å². The van der Waals surface area contributed by atoms with Crippen molar-refractivity contribution in [3.05, 3.63) is 30.0 Å². The number of aromatic nitrogens is 2. The zero-order valence-electron chi connectivity index (χ0n) is 9.90. The lowest BCUT2D eigenvalue weighted by Gasteiger charge is -2.26. The van der Waals surface area contributed by atoms with Gasteiger partial charge in [-0.2, -0.15) is 5.10 Å². The van der Waals surface area contributed by atoms with Gasteiger partial charge in [0.25, 0.3) is 0 Å². The molecular formula is C14H17BrN2. The minimum absolute atomic E-state index is 0.654. The Bertz CT molecular complexity index is 514. The number of benzene rings is 1. The number of alkyl halides is 1. The fourth-order valence-corrected chi connectivity index (χ4v) is 2.73. The molecule has 1 aromatic carbocycles. The van der Waals surface area contributed by atoms with Gasteiger partial charge in [-0.3, -0.25) is 4.68 Å². The average molecular weight is 293 g/mol. The summed E-state index contributed by atoms with van der Waals surface area (Å²) in [4.78, 5) is 0.